The molecule has 0 saturated heterocycles. The minimum Gasteiger partial charge on any atom is -0.455 e. The predicted octanol–water partition coefficient (Wildman–Crippen LogP) is 13.5. The van der Waals surface area contributed by atoms with Crippen LogP contribution < -0.4 is 0 Å². The lowest BCUT2D eigenvalue weighted by Gasteiger charge is -2.21. The van der Waals surface area contributed by atoms with Gasteiger partial charge in [-0.05, 0) is 104 Å². The fourth-order valence-corrected chi connectivity index (χ4v) is 7.99. The third-order valence-corrected chi connectivity index (χ3v) is 10.8. The van der Waals surface area contributed by atoms with E-state index in [9.17, 15) is 0 Å². The zero-order valence-corrected chi connectivity index (χ0v) is 29.6. The highest BCUT2D eigenvalue weighted by molar-refractivity contribution is 6.35. The van der Waals surface area contributed by atoms with Crippen molar-refractivity contribution in [3.63, 3.8) is 0 Å². The van der Waals surface area contributed by atoms with Crippen molar-refractivity contribution in [2.45, 2.75) is 78.6 Å². The molecule has 9 rings (SSSR count). The molecule has 0 N–H and O–H groups in total. The molecule has 0 radical (unpaired) electrons. The lowest BCUT2D eigenvalue weighted by atomic mass is 9.86. The molecule has 238 valence electrons. The Balaban J connectivity index is 1.43. The van der Waals surface area contributed by atoms with Gasteiger partial charge in [-0.1, -0.05) is 105 Å². The van der Waals surface area contributed by atoms with Gasteiger partial charge < -0.3 is 8.98 Å². The molecule has 0 aliphatic carbocycles. The van der Waals surface area contributed by atoms with Crippen molar-refractivity contribution in [3.05, 3.63) is 114 Å². The van der Waals surface area contributed by atoms with Crippen molar-refractivity contribution in [1.29, 1.82) is 0 Å². The van der Waals surface area contributed by atoms with Gasteiger partial charge in [-0.25, -0.2) is 0 Å². The molecule has 0 saturated carbocycles. The van der Waals surface area contributed by atoms with Gasteiger partial charge in [-0.3, -0.25) is 0 Å². The van der Waals surface area contributed by atoms with Gasteiger partial charge in [0.2, 0.25) is 0 Å². The molecule has 0 bridgehead atoms. The van der Waals surface area contributed by atoms with E-state index in [0.717, 1.165) is 11.2 Å². The second kappa shape index (κ2) is 9.41. The first-order valence-electron chi connectivity index (χ1n) is 17.4. The Morgan fingerprint density at radius 3 is 1.73 bits per heavy atom. The molecule has 0 aliphatic rings. The largest absolute Gasteiger partial charge is 0.455 e. The highest BCUT2D eigenvalue weighted by atomic mass is 16.3. The minimum atomic E-state index is 0.0474. The molecule has 48 heavy (non-hydrogen) atoms. The molecule has 0 fully saturated rings. The summed E-state index contributed by atoms with van der Waals surface area (Å²) in [4.78, 5) is 0. The van der Waals surface area contributed by atoms with Crippen LogP contribution in [0.15, 0.2) is 101 Å². The van der Waals surface area contributed by atoms with E-state index >= 15 is 0 Å². The maximum Gasteiger partial charge on any atom is 0.143 e. The van der Waals surface area contributed by atoms with Crippen LogP contribution in [0.25, 0.3) is 81.7 Å². The Bertz CT molecular complexity index is 2760. The Hall–Kier alpha value is -4.82. The molecule has 9 aromatic rings. The number of aromatic nitrogens is 1. The number of fused-ring (bicyclic) bond motifs is 8. The van der Waals surface area contributed by atoms with Gasteiger partial charge in [0.05, 0.1) is 11.0 Å². The molecule has 7 aromatic carbocycles. The van der Waals surface area contributed by atoms with E-state index < -0.39 is 0 Å². The predicted molar refractivity (Wildman–Crippen MR) is 208 cm³/mol. The molecule has 2 heterocycles. The Morgan fingerprint density at radius 2 is 1.04 bits per heavy atom. The molecule has 0 spiro atoms. The van der Waals surface area contributed by atoms with Crippen molar-refractivity contribution >= 4 is 76.1 Å². The van der Waals surface area contributed by atoms with Crippen LogP contribution in [0.2, 0.25) is 0 Å². The lowest BCUT2D eigenvalue weighted by Crippen LogP contribution is -2.11. The van der Waals surface area contributed by atoms with E-state index in [2.05, 4.69) is 164 Å². The summed E-state index contributed by atoms with van der Waals surface area (Å²) in [5.74, 6) is 0. The summed E-state index contributed by atoms with van der Waals surface area (Å²) in [7, 11) is 0. The van der Waals surface area contributed by atoms with Gasteiger partial charge in [0.15, 0.2) is 0 Å². The van der Waals surface area contributed by atoms with Crippen molar-refractivity contribution in [3.8, 4) is 5.69 Å². The van der Waals surface area contributed by atoms with Crippen LogP contribution in [0.3, 0.4) is 0 Å². The van der Waals surface area contributed by atoms with E-state index in [-0.39, 0.29) is 16.2 Å². The van der Waals surface area contributed by atoms with Crippen molar-refractivity contribution in [2.75, 3.05) is 0 Å². The van der Waals surface area contributed by atoms with Crippen LogP contribution in [0.4, 0.5) is 0 Å². The number of nitrogens with zero attached hydrogens (tertiary/aromatic N) is 1. The number of hydrogen-bond acceptors (Lipinski definition) is 1. The van der Waals surface area contributed by atoms with Gasteiger partial charge in [-0.2, -0.15) is 0 Å². The highest BCUT2D eigenvalue weighted by Crippen LogP contribution is 2.47. The lowest BCUT2D eigenvalue weighted by molar-refractivity contribution is 0.589. The van der Waals surface area contributed by atoms with Crippen LogP contribution in [0.1, 0.15) is 79.0 Å². The molecule has 2 aromatic heterocycles. The maximum absolute atomic E-state index is 6.69. The third kappa shape index (κ3) is 4.11. The van der Waals surface area contributed by atoms with Gasteiger partial charge in [0, 0.05) is 43.4 Å². The topological polar surface area (TPSA) is 18.1 Å². The summed E-state index contributed by atoms with van der Waals surface area (Å²) < 4.78 is 9.21. The Labute approximate surface area is 282 Å². The van der Waals surface area contributed by atoms with Crippen molar-refractivity contribution in [1.82, 2.24) is 4.57 Å². The summed E-state index contributed by atoms with van der Waals surface area (Å²) >= 11 is 0. The quantitative estimate of drug-likeness (QED) is 0.166. The second-order valence-corrected chi connectivity index (χ2v) is 17.1. The van der Waals surface area contributed by atoms with Crippen molar-refractivity contribution in [2.24, 2.45) is 0 Å². The van der Waals surface area contributed by atoms with Crippen LogP contribution in [0, 0.1) is 0 Å². The fraction of sp³-hybridized carbons (Fsp3) is 0.261. The summed E-state index contributed by atoms with van der Waals surface area (Å²) in [5.41, 5.74) is 9.82. The molecule has 0 atom stereocenters. The first-order chi connectivity index (χ1) is 22.7. The average molecular weight is 626 g/mol. The van der Waals surface area contributed by atoms with Crippen LogP contribution in [-0.4, -0.2) is 4.57 Å². The zero-order valence-electron chi connectivity index (χ0n) is 29.6. The zero-order chi connectivity index (χ0) is 33.5. The molecule has 2 heteroatoms. The van der Waals surface area contributed by atoms with Crippen LogP contribution in [0.5, 0.6) is 0 Å². The molecular weight excluding hydrogens is 583 g/mol. The van der Waals surface area contributed by atoms with E-state index in [1.165, 1.54) is 87.3 Å². The first kappa shape index (κ1) is 29.3. The maximum atomic E-state index is 6.69. The molecule has 0 unspecified atom stereocenters. The van der Waals surface area contributed by atoms with E-state index in [0.29, 0.717) is 0 Å². The summed E-state index contributed by atoms with van der Waals surface area (Å²) in [6.07, 6.45) is 0. The van der Waals surface area contributed by atoms with E-state index in [1.54, 1.807) is 0 Å². The third-order valence-electron chi connectivity index (χ3n) is 10.8. The van der Waals surface area contributed by atoms with Gasteiger partial charge in [-0.15, -0.1) is 0 Å². The average Bonchev–Trinajstić information content (AvgIpc) is 3.57. The smallest absolute Gasteiger partial charge is 0.143 e. The standard InChI is InChI=1S/C46H43NO/c1-44(2,3)28-11-10-12-31(23-28)47-38-19-15-29(45(4,5)6)24-34(38)36-21-26-13-14-27-22-37-35-25-30(46(7,8)9)16-20-39(35)48-43(37)33-18-17-32(42(36)47)40(26)41(27)33/h10-25H,1-9H3. The van der Waals surface area contributed by atoms with Crippen LogP contribution >= 0.6 is 0 Å². The van der Waals surface area contributed by atoms with E-state index in [1.807, 2.05) is 0 Å². The normalized spacial score (nSPS) is 13.5. The summed E-state index contributed by atoms with van der Waals surface area (Å²) in [5, 5.41) is 12.6. The summed E-state index contributed by atoms with van der Waals surface area (Å²) in [6.45, 7) is 20.6. The second-order valence-electron chi connectivity index (χ2n) is 17.1. The number of furan rings is 1. The molecule has 0 amide bonds. The van der Waals surface area contributed by atoms with E-state index in [4.69, 9.17) is 4.42 Å². The van der Waals surface area contributed by atoms with Gasteiger partial charge in [0.25, 0.3) is 0 Å². The van der Waals surface area contributed by atoms with Crippen molar-refractivity contribution < 1.29 is 4.42 Å². The highest BCUT2D eigenvalue weighted by Gasteiger charge is 2.24. The monoisotopic (exact) mass is 625 g/mol. The van der Waals surface area contributed by atoms with Crippen LogP contribution in [-0.2, 0) is 16.2 Å². The summed E-state index contributed by atoms with van der Waals surface area (Å²) in [6, 6.07) is 37.0. The first-order valence-corrected chi connectivity index (χ1v) is 17.4. The van der Waals surface area contributed by atoms with Gasteiger partial charge in [0.1, 0.15) is 11.2 Å². The number of hydrogen-bond donors (Lipinski definition) is 0. The molecular formula is C46H43NO. The Kier molecular flexibility index (Phi) is 5.75. The molecule has 0 aliphatic heterocycles. The fourth-order valence-electron chi connectivity index (χ4n) is 7.99. The number of benzene rings is 7. The SMILES string of the molecule is CC(C)(C)c1cccc(-n2c3ccc(C(C)(C)C)cc3c3cc4ccc5cc6c7cc(C(C)(C)C)ccc7oc6c6ccc(c4c56)c32)c1. The number of rotatable bonds is 1. The molecule has 2 nitrogen and oxygen atoms in total. The van der Waals surface area contributed by atoms with Gasteiger partial charge >= 0.3 is 0 Å². The Morgan fingerprint density at radius 1 is 0.458 bits per heavy atom. The minimum absolute atomic E-state index is 0.0474.